The fraction of sp³-hybridized carbons (Fsp3) is 0.953. The fourth-order valence-corrected chi connectivity index (χ4v) is 7.36. The molecule has 0 aromatic carbocycles. The topological polar surface area (TPSA) is 90.5 Å². The van der Waals surface area contributed by atoms with Gasteiger partial charge in [0.05, 0.1) is 12.1 Å². The third kappa shape index (κ3) is 27.2. The number of carbonyl (C=O) groups excluding carboxylic acids is 2. The molecule has 0 bridgehead atoms. The van der Waals surface area contributed by atoms with E-state index in [1.165, 1.54) is 167 Å². The quantitative estimate of drug-likeness (QED) is 0.0485. The number of nitrogens with one attached hydrogen (secondary N) is 3. The molecule has 0 radical (unpaired) electrons. The standard InChI is InChI=1S/C43H87N3O3/c1-6-8-10-12-14-16-18-20-22-24-26-28-30-32-34-36-41(48)45-39(3)43(38-47,44-5)40(4)46-42(49)37-35-33-31-29-27-25-23-21-19-17-15-13-11-9-7-2/h39-40,44,47H,6-38H2,1-5H3,(H,45,48)(H,46,49). The molecule has 0 rings (SSSR count). The van der Waals surface area contributed by atoms with Crippen LogP contribution in [0, 0.1) is 0 Å². The van der Waals surface area contributed by atoms with Gasteiger partial charge < -0.3 is 21.1 Å². The van der Waals surface area contributed by atoms with Gasteiger partial charge in [-0.05, 0) is 33.7 Å². The van der Waals surface area contributed by atoms with Crippen LogP contribution in [0.15, 0.2) is 0 Å². The zero-order valence-corrected chi connectivity index (χ0v) is 33.8. The van der Waals surface area contributed by atoms with Crippen LogP contribution in [0.2, 0.25) is 0 Å². The first-order valence-corrected chi connectivity index (χ1v) is 21.8. The lowest BCUT2D eigenvalue weighted by Gasteiger charge is -2.42. The van der Waals surface area contributed by atoms with Gasteiger partial charge in [-0.25, -0.2) is 0 Å². The molecule has 0 saturated heterocycles. The summed E-state index contributed by atoms with van der Waals surface area (Å²) in [7, 11) is 1.80. The Hall–Kier alpha value is -1.14. The zero-order valence-electron chi connectivity index (χ0n) is 33.8. The van der Waals surface area contributed by atoms with Crippen molar-refractivity contribution in [2.24, 2.45) is 0 Å². The molecule has 0 aliphatic heterocycles. The number of carbonyl (C=O) groups is 2. The Morgan fingerprint density at radius 1 is 0.449 bits per heavy atom. The number of hydrogen-bond donors (Lipinski definition) is 4. The monoisotopic (exact) mass is 694 g/mol. The third-order valence-corrected chi connectivity index (χ3v) is 11.0. The van der Waals surface area contributed by atoms with E-state index in [-0.39, 0.29) is 30.5 Å². The van der Waals surface area contributed by atoms with E-state index in [0.717, 1.165) is 25.7 Å². The van der Waals surface area contributed by atoms with Crippen molar-refractivity contribution in [1.29, 1.82) is 0 Å². The maximum Gasteiger partial charge on any atom is 0.220 e. The van der Waals surface area contributed by atoms with Crippen LogP contribution in [-0.2, 0) is 9.59 Å². The molecule has 49 heavy (non-hydrogen) atoms. The van der Waals surface area contributed by atoms with Gasteiger partial charge in [0, 0.05) is 24.9 Å². The molecule has 0 aromatic rings. The van der Waals surface area contributed by atoms with Crippen molar-refractivity contribution in [3.63, 3.8) is 0 Å². The van der Waals surface area contributed by atoms with E-state index in [2.05, 4.69) is 29.8 Å². The zero-order chi connectivity index (χ0) is 36.3. The summed E-state index contributed by atoms with van der Waals surface area (Å²) in [4.78, 5) is 25.5. The Balaban J connectivity index is 3.99. The van der Waals surface area contributed by atoms with Gasteiger partial charge in [-0.1, -0.05) is 194 Å². The van der Waals surface area contributed by atoms with Gasteiger partial charge in [-0.2, -0.15) is 0 Å². The number of unbranched alkanes of at least 4 members (excludes halogenated alkanes) is 28. The highest BCUT2D eigenvalue weighted by atomic mass is 16.3. The lowest BCUT2D eigenvalue weighted by atomic mass is 9.84. The van der Waals surface area contributed by atoms with Crippen LogP contribution in [-0.4, -0.2) is 48.2 Å². The number of amides is 2. The number of likely N-dealkylation sites (N-methyl/N-ethyl adjacent to an activating group) is 1. The second-order valence-corrected chi connectivity index (χ2v) is 15.4. The summed E-state index contributed by atoms with van der Waals surface area (Å²) in [6.45, 7) is 8.23. The van der Waals surface area contributed by atoms with E-state index in [1.54, 1.807) is 7.05 Å². The normalized spacial score (nSPS) is 14.0. The SMILES string of the molecule is CCCCCCCCCCCCCCCCCC(=O)NC(C)C(CO)(NC)C(C)NC(=O)CCCCCCCCCCCCCCCCC. The molecule has 4 N–H and O–H groups in total. The van der Waals surface area contributed by atoms with Crippen molar-refractivity contribution in [3.8, 4) is 0 Å². The highest BCUT2D eigenvalue weighted by Gasteiger charge is 2.41. The van der Waals surface area contributed by atoms with Gasteiger partial charge >= 0.3 is 0 Å². The number of hydrogen-bond acceptors (Lipinski definition) is 4. The van der Waals surface area contributed by atoms with Gasteiger partial charge in [0.25, 0.3) is 0 Å². The van der Waals surface area contributed by atoms with Crippen molar-refractivity contribution in [3.05, 3.63) is 0 Å². The predicted molar refractivity (Wildman–Crippen MR) is 213 cm³/mol. The molecular weight excluding hydrogens is 606 g/mol. The molecule has 0 aliphatic rings. The minimum Gasteiger partial charge on any atom is -0.394 e. The van der Waals surface area contributed by atoms with Gasteiger partial charge in [0.2, 0.25) is 11.8 Å². The average molecular weight is 694 g/mol. The molecule has 0 fully saturated rings. The van der Waals surface area contributed by atoms with Gasteiger partial charge in [-0.15, -0.1) is 0 Å². The van der Waals surface area contributed by atoms with Gasteiger partial charge in [-0.3, -0.25) is 9.59 Å². The number of aliphatic hydroxyl groups is 1. The van der Waals surface area contributed by atoms with E-state index in [0.29, 0.717) is 12.8 Å². The Bertz CT molecular complexity index is 671. The van der Waals surface area contributed by atoms with Crippen molar-refractivity contribution in [2.45, 2.75) is 251 Å². The second kappa shape index (κ2) is 35.3. The summed E-state index contributed by atoms with van der Waals surface area (Å²) < 4.78 is 0. The summed E-state index contributed by atoms with van der Waals surface area (Å²) >= 11 is 0. The first-order valence-electron chi connectivity index (χ1n) is 21.8. The van der Waals surface area contributed by atoms with Crippen molar-refractivity contribution >= 4 is 11.8 Å². The summed E-state index contributed by atoms with van der Waals surface area (Å²) in [6.07, 6.45) is 40.2. The largest absolute Gasteiger partial charge is 0.394 e. The third-order valence-electron chi connectivity index (χ3n) is 11.0. The van der Waals surface area contributed by atoms with Crippen molar-refractivity contribution < 1.29 is 14.7 Å². The van der Waals surface area contributed by atoms with Gasteiger partial charge in [0.15, 0.2) is 0 Å². The van der Waals surface area contributed by atoms with E-state index < -0.39 is 5.54 Å². The summed E-state index contributed by atoms with van der Waals surface area (Å²) in [5, 5.41) is 19.9. The fourth-order valence-electron chi connectivity index (χ4n) is 7.36. The minimum atomic E-state index is -0.824. The van der Waals surface area contributed by atoms with Crippen LogP contribution in [0.4, 0.5) is 0 Å². The van der Waals surface area contributed by atoms with E-state index in [4.69, 9.17) is 0 Å². The average Bonchev–Trinajstić information content (AvgIpc) is 3.09. The first kappa shape index (κ1) is 47.9. The van der Waals surface area contributed by atoms with E-state index >= 15 is 0 Å². The minimum absolute atomic E-state index is 0.0200. The molecule has 292 valence electrons. The highest BCUT2D eigenvalue weighted by molar-refractivity contribution is 5.77. The summed E-state index contributed by atoms with van der Waals surface area (Å²) in [6, 6.07) is -0.653. The molecule has 2 atom stereocenters. The Kier molecular flexibility index (Phi) is 34.5. The molecular formula is C43H87N3O3. The molecule has 2 amide bonds. The summed E-state index contributed by atoms with van der Waals surface area (Å²) in [5.74, 6) is 0.0400. The van der Waals surface area contributed by atoms with Crippen LogP contribution in [0.5, 0.6) is 0 Å². The van der Waals surface area contributed by atoms with Gasteiger partial charge in [0.1, 0.15) is 0 Å². The van der Waals surface area contributed by atoms with E-state index in [9.17, 15) is 14.7 Å². The van der Waals surface area contributed by atoms with Crippen LogP contribution in [0.25, 0.3) is 0 Å². The molecule has 0 aromatic heterocycles. The highest BCUT2D eigenvalue weighted by Crippen LogP contribution is 2.18. The molecule has 6 heteroatoms. The lowest BCUT2D eigenvalue weighted by Crippen LogP contribution is -2.70. The van der Waals surface area contributed by atoms with Crippen molar-refractivity contribution in [1.82, 2.24) is 16.0 Å². The Labute approximate surface area is 306 Å². The smallest absolute Gasteiger partial charge is 0.220 e. The molecule has 0 spiro atoms. The lowest BCUT2D eigenvalue weighted by molar-refractivity contribution is -0.123. The van der Waals surface area contributed by atoms with Crippen LogP contribution in [0.1, 0.15) is 233 Å². The van der Waals surface area contributed by atoms with Crippen LogP contribution in [0.3, 0.4) is 0 Å². The van der Waals surface area contributed by atoms with Crippen molar-refractivity contribution in [2.75, 3.05) is 13.7 Å². The van der Waals surface area contributed by atoms with Crippen LogP contribution >= 0.6 is 0 Å². The number of aliphatic hydroxyl groups excluding tert-OH is 1. The molecule has 0 saturated carbocycles. The maximum absolute atomic E-state index is 12.8. The first-order chi connectivity index (χ1) is 23.9. The molecule has 0 heterocycles. The Morgan fingerprint density at radius 2 is 0.673 bits per heavy atom. The molecule has 6 nitrogen and oxygen atoms in total. The maximum atomic E-state index is 12.8. The molecule has 2 unspecified atom stereocenters. The van der Waals surface area contributed by atoms with E-state index in [1.807, 2.05) is 13.8 Å². The summed E-state index contributed by atoms with van der Waals surface area (Å²) in [5.41, 5.74) is -0.824. The number of rotatable bonds is 38. The van der Waals surface area contributed by atoms with Crippen LogP contribution < -0.4 is 16.0 Å². The molecule has 0 aliphatic carbocycles. The second-order valence-electron chi connectivity index (χ2n) is 15.4. The Morgan fingerprint density at radius 3 is 0.878 bits per heavy atom. The predicted octanol–water partition coefficient (Wildman–Crippen LogP) is 11.5.